The summed E-state index contributed by atoms with van der Waals surface area (Å²) in [5, 5.41) is 17.9. The van der Waals surface area contributed by atoms with Gasteiger partial charge in [-0.2, -0.15) is 0 Å². The first-order chi connectivity index (χ1) is 8.84. The van der Waals surface area contributed by atoms with Crippen LogP contribution in [0.3, 0.4) is 0 Å². The van der Waals surface area contributed by atoms with Crippen molar-refractivity contribution in [2.45, 2.75) is 19.3 Å². The summed E-state index contributed by atoms with van der Waals surface area (Å²) in [4.78, 5) is 31.3. The van der Waals surface area contributed by atoms with Gasteiger partial charge in [-0.1, -0.05) is 0 Å². The number of primary amides is 1. The number of carboxylic acid groups (broad SMARTS) is 2. The number of carboxylic acids is 2. The Labute approximate surface area is 109 Å². The molecule has 3 rings (SSSR count). The quantitative estimate of drug-likeness (QED) is 0.531. The molecule has 0 radical (unpaired) electrons. The van der Waals surface area contributed by atoms with Gasteiger partial charge < -0.3 is 21.7 Å². The Kier molecular flexibility index (Phi) is 3.25. The molecule has 0 aromatic carbocycles. The molecule has 3 saturated carbocycles. The molecule has 0 heterocycles. The van der Waals surface area contributed by atoms with Gasteiger partial charge in [0.15, 0.2) is 0 Å². The van der Waals surface area contributed by atoms with Crippen LogP contribution in [0.1, 0.15) is 19.3 Å². The van der Waals surface area contributed by atoms with Gasteiger partial charge in [0, 0.05) is 0 Å². The largest absolute Gasteiger partial charge is 0.481 e. The molecule has 106 valence electrons. The standard InChI is InChI=1S/C10H12O4.C2H6N2O/c11-8(12)4-3-10(1-2-10)7-5(4)6(7)9(13)14;3-1-2(4)5/h4-7H,1-3H2,(H,11,12)(H,13,14);1,3H2,(H2,4,5). The third-order valence-electron chi connectivity index (χ3n) is 4.57. The fraction of sp³-hybridized carbons (Fsp3) is 0.750. The zero-order chi connectivity index (χ0) is 14.4. The molecule has 0 aliphatic heterocycles. The summed E-state index contributed by atoms with van der Waals surface area (Å²) in [6, 6.07) is 0. The third-order valence-corrected chi connectivity index (χ3v) is 4.57. The van der Waals surface area contributed by atoms with E-state index < -0.39 is 17.8 Å². The number of hydrogen-bond donors (Lipinski definition) is 4. The molecule has 19 heavy (non-hydrogen) atoms. The van der Waals surface area contributed by atoms with E-state index in [2.05, 4.69) is 5.73 Å². The van der Waals surface area contributed by atoms with Crippen molar-refractivity contribution in [1.29, 1.82) is 0 Å². The molecule has 0 saturated heterocycles. The van der Waals surface area contributed by atoms with Crippen LogP contribution in [-0.2, 0) is 14.4 Å². The number of hydrogen-bond acceptors (Lipinski definition) is 4. The highest BCUT2D eigenvalue weighted by atomic mass is 16.4. The molecule has 4 atom stereocenters. The zero-order valence-electron chi connectivity index (χ0n) is 10.4. The predicted octanol–water partition coefficient (Wildman–Crippen LogP) is -0.752. The Morgan fingerprint density at radius 2 is 1.68 bits per heavy atom. The van der Waals surface area contributed by atoms with Crippen LogP contribution in [0.4, 0.5) is 0 Å². The molecule has 0 aromatic heterocycles. The maximum atomic E-state index is 10.9. The monoisotopic (exact) mass is 270 g/mol. The van der Waals surface area contributed by atoms with Crippen LogP contribution in [0.2, 0.25) is 0 Å². The topological polar surface area (TPSA) is 144 Å². The van der Waals surface area contributed by atoms with Gasteiger partial charge in [-0.25, -0.2) is 0 Å². The minimum atomic E-state index is -0.799. The fourth-order valence-corrected chi connectivity index (χ4v) is 3.60. The predicted molar refractivity (Wildman–Crippen MR) is 63.8 cm³/mol. The number of carbonyl (C=O) groups is 3. The molecule has 7 heteroatoms. The molecule has 0 aromatic rings. The molecule has 3 aliphatic rings. The second kappa shape index (κ2) is 4.48. The van der Waals surface area contributed by atoms with Crippen LogP contribution in [0.25, 0.3) is 0 Å². The Hall–Kier alpha value is -1.63. The Morgan fingerprint density at radius 1 is 1.16 bits per heavy atom. The molecular weight excluding hydrogens is 252 g/mol. The van der Waals surface area contributed by atoms with Crippen LogP contribution in [0, 0.1) is 29.1 Å². The number of amides is 1. The highest BCUT2D eigenvalue weighted by molar-refractivity contribution is 5.80. The van der Waals surface area contributed by atoms with E-state index in [-0.39, 0.29) is 35.6 Å². The summed E-state index contributed by atoms with van der Waals surface area (Å²) in [5.74, 6) is -2.68. The van der Waals surface area contributed by atoms with Gasteiger partial charge in [-0.15, -0.1) is 0 Å². The Bertz CT molecular complexity index is 432. The van der Waals surface area contributed by atoms with Gasteiger partial charge in [0.1, 0.15) is 0 Å². The smallest absolute Gasteiger partial charge is 0.307 e. The van der Waals surface area contributed by atoms with Gasteiger partial charge in [0.2, 0.25) is 5.91 Å². The lowest BCUT2D eigenvalue weighted by atomic mass is 9.91. The lowest BCUT2D eigenvalue weighted by Gasteiger charge is -2.13. The molecule has 7 nitrogen and oxygen atoms in total. The van der Waals surface area contributed by atoms with Crippen LogP contribution >= 0.6 is 0 Å². The van der Waals surface area contributed by atoms with E-state index in [0.717, 1.165) is 19.3 Å². The average molecular weight is 270 g/mol. The minimum absolute atomic E-state index is 0.0556. The zero-order valence-corrected chi connectivity index (χ0v) is 10.4. The van der Waals surface area contributed by atoms with E-state index in [4.69, 9.17) is 15.9 Å². The van der Waals surface area contributed by atoms with Gasteiger partial charge in [-0.05, 0) is 36.5 Å². The van der Waals surface area contributed by atoms with Crippen molar-refractivity contribution in [2.24, 2.45) is 40.6 Å². The first-order valence-corrected chi connectivity index (χ1v) is 6.28. The van der Waals surface area contributed by atoms with Crippen LogP contribution in [-0.4, -0.2) is 34.6 Å². The minimum Gasteiger partial charge on any atom is -0.481 e. The highest BCUT2D eigenvalue weighted by Gasteiger charge is 2.76. The lowest BCUT2D eigenvalue weighted by molar-refractivity contribution is -0.144. The number of rotatable bonds is 3. The average Bonchev–Trinajstić information content (AvgIpc) is 3.16. The van der Waals surface area contributed by atoms with Crippen LogP contribution in [0.5, 0.6) is 0 Å². The van der Waals surface area contributed by atoms with E-state index in [9.17, 15) is 14.4 Å². The van der Waals surface area contributed by atoms with Gasteiger partial charge in [0.05, 0.1) is 18.4 Å². The number of aliphatic carboxylic acids is 2. The number of fused-ring (bicyclic) bond motifs is 2. The molecule has 4 unspecified atom stereocenters. The van der Waals surface area contributed by atoms with Crippen molar-refractivity contribution >= 4 is 17.8 Å². The molecule has 0 bridgehead atoms. The Balaban J connectivity index is 0.000000232. The van der Waals surface area contributed by atoms with E-state index in [1.165, 1.54) is 0 Å². The van der Waals surface area contributed by atoms with Crippen molar-refractivity contribution in [1.82, 2.24) is 0 Å². The second-order valence-corrected chi connectivity index (χ2v) is 5.65. The lowest BCUT2D eigenvalue weighted by Crippen LogP contribution is -2.21. The van der Waals surface area contributed by atoms with Crippen molar-refractivity contribution in [3.05, 3.63) is 0 Å². The maximum absolute atomic E-state index is 10.9. The summed E-state index contributed by atoms with van der Waals surface area (Å²) < 4.78 is 0. The van der Waals surface area contributed by atoms with E-state index >= 15 is 0 Å². The third kappa shape index (κ3) is 2.30. The summed E-state index contributed by atoms with van der Waals surface area (Å²) in [6.07, 6.45) is 2.81. The maximum Gasteiger partial charge on any atom is 0.307 e. The van der Waals surface area contributed by atoms with E-state index in [1.54, 1.807) is 0 Å². The highest BCUT2D eigenvalue weighted by Crippen LogP contribution is 2.77. The first kappa shape index (κ1) is 13.8. The second-order valence-electron chi connectivity index (χ2n) is 5.65. The summed E-state index contributed by atoms with van der Waals surface area (Å²) in [7, 11) is 0. The van der Waals surface area contributed by atoms with Gasteiger partial charge in [0.25, 0.3) is 0 Å². The molecular formula is C12H18N2O5. The van der Waals surface area contributed by atoms with E-state index in [1.807, 2.05) is 0 Å². The summed E-state index contributed by atoms with van der Waals surface area (Å²) in [5.41, 5.74) is 9.35. The molecule has 1 spiro atoms. The van der Waals surface area contributed by atoms with Crippen molar-refractivity contribution in [3.63, 3.8) is 0 Å². The van der Waals surface area contributed by atoms with Crippen LogP contribution in [0.15, 0.2) is 0 Å². The molecule has 3 aliphatic carbocycles. The van der Waals surface area contributed by atoms with Crippen LogP contribution < -0.4 is 11.5 Å². The number of carbonyl (C=O) groups excluding carboxylic acids is 1. The normalized spacial score (nSPS) is 35.8. The summed E-state index contributed by atoms with van der Waals surface area (Å²) >= 11 is 0. The van der Waals surface area contributed by atoms with Crippen molar-refractivity contribution in [3.8, 4) is 0 Å². The molecule has 3 fully saturated rings. The first-order valence-electron chi connectivity index (χ1n) is 6.28. The molecule has 6 N–H and O–H groups in total. The van der Waals surface area contributed by atoms with Gasteiger partial charge >= 0.3 is 11.9 Å². The fourth-order valence-electron chi connectivity index (χ4n) is 3.60. The Morgan fingerprint density at radius 3 is 2.00 bits per heavy atom. The van der Waals surface area contributed by atoms with Crippen molar-refractivity contribution < 1.29 is 24.6 Å². The van der Waals surface area contributed by atoms with E-state index in [0.29, 0.717) is 0 Å². The number of nitrogens with two attached hydrogens (primary N) is 2. The molecule has 1 amide bonds. The SMILES string of the molecule is NCC(N)=O.O=C(O)C1CC2(CC2)C2C(C(=O)O)C12. The summed E-state index contributed by atoms with van der Waals surface area (Å²) in [6.45, 7) is -0.0556. The van der Waals surface area contributed by atoms with Crippen molar-refractivity contribution in [2.75, 3.05) is 6.54 Å². The van der Waals surface area contributed by atoms with Gasteiger partial charge in [-0.3, -0.25) is 14.4 Å².